The molecule has 328 valence electrons. The average molecular weight is 852 g/mol. The Morgan fingerprint density at radius 1 is 0.831 bits per heavy atom. The number of likely N-dealkylation sites (tertiary alicyclic amines) is 1. The van der Waals surface area contributed by atoms with Crippen LogP contribution < -0.4 is 10.6 Å². The molecule has 3 aliphatic heterocycles. The van der Waals surface area contributed by atoms with Crippen molar-refractivity contribution in [2.45, 2.75) is 144 Å². The summed E-state index contributed by atoms with van der Waals surface area (Å²) in [6.07, 6.45) is -8.11. The number of benzene rings is 1. The largest absolute Gasteiger partial charge is 0.394 e. The molecule has 12 atom stereocenters. The molecule has 4 heterocycles. The molecule has 59 heavy (non-hydrogen) atoms. The predicted molar refractivity (Wildman–Crippen MR) is 208 cm³/mol. The summed E-state index contributed by atoms with van der Waals surface area (Å²) in [5, 5.41) is 82.1. The van der Waals surface area contributed by atoms with Crippen LogP contribution in [0.5, 0.6) is 0 Å². The number of aromatic nitrogens is 2. The normalized spacial score (nSPS) is 32.1. The van der Waals surface area contributed by atoms with Crippen molar-refractivity contribution in [2.75, 3.05) is 31.7 Å². The van der Waals surface area contributed by atoms with Crippen LogP contribution in [-0.2, 0) is 33.3 Å². The summed E-state index contributed by atoms with van der Waals surface area (Å²) in [6, 6.07) is 7.95. The number of amides is 3. The highest BCUT2D eigenvalue weighted by molar-refractivity contribution is 7.10. The summed E-state index contributed by atoms with van der Waals surface area (Å²) < 4.78 is 26.3. The van der Waals surface area contributed by atoms with Crippen LogP contribution in [0.15, 0.2) is 30.3 Å². The van der Waals surface area contributed by atoms with E-state index in [1.165, 1.54) is 0 Å². The van der Waals surface area contributed by atoms with Gasteiger partial charge < -0.3 is 70.2 Å². The zero-order chi connectivity index (χ0) is 42.1. The molecule has 1 aromatic carbocycles. The van der Waals surface area contributed by atoms with Gasteiger partial charge in [-0.15, -0.1) is 5.10 Å². The van der Waals surface area contributed by atoms with Gasteiger partial charge in [-0.05, 0) is 44.4 Å². The Labute approximate surface area is 345 Å². The fourth-order valence-corrected chi connectivity index (χ4v) is 8.88. The SMILES string of the molecule is O=C(CCCCCO[C@@H]1O[C@H](CO)[C@@H](O[C@@H]2O[C@H](CO)[C@H](O)[C@H](O)[C@H]2O)[C@H](O)[C@H]1O)N[C@H](C(=O)N1CCC[C@H]1C(=O)Nc1snnc1-c1ccccc1)C1CCCCC1. The van der Waals surface area contributed by atoms with Crippen molar-refractivity contribution in [1.29, 1.82) is 0 Å². The molecule has 3 saturated heterocycles. The molecule has 0 radical (unpaired) electrons. The lowest BCUT2D eigenvalue weighted by Gasteiger charge is -2.45. The highest BCUT2D eigenvalue weighted by Gasteiger charge is 2.51. The van der Waals surface area contributed by atoms with Gasteiger partial charge in [0, 0.05) is 36.7 Å². The molecule has 1 aliphatic carbocycles. The first-order valence-electron chi connectivity index (χ1n) is 20.5. The van der Waals surface area contributed by atoms with E-state index in [0.717, 1.165) is 49.2 Å². The number of anilines is 1. The summed E-state index contributed by atoms with van der Waals surface area (Å²) in [7, 11) is 0. The number of unbranched alkanes of at least 4 members (excludes halogenated alkanes) is 2. The van der Waals surface area contributed by atoms with Crippen LogP contribution in [0.1, 0.15) is 70.6 Å². The van der Waals surface area contributed by atoms with Crippen molar-refractivity contribution in [3.8, 4) is 11.3 Å². The lowest BCUT2D eigenvalue weighted by atomic mass is 9.83. The molecule has 1 aromatic heterocycles. The Morgan fingerprint density at radius 3 is 2.27 bits per heavy atom. The zero-order valence-electron chi connectivity index (χ0n) is 32.7. The van der Waals surface area contributed by atoms with Crippen LogP contribution in [0.3, 0.4) is 0 Å². The highest BCUT2D eigenvalue weighted by atomic mass is 32.1. The van der Waals surface area contributed by atoms with Gasteiger partial charge >= 0.3 is 0 Å². The van der Waals surface area contributed by atoms with Crippen molar-refractivity contribution >= 4 is 34.3 Å². The van der Waals surface area contributed by atoms with Crippen LogP contribution in [-0.4, -0.2) is 168 Å². The molecule has 0 unspecified atom stereocenters. The minimum atomic E-state index is -1.77. The number of nitrogens with one attached hydrogen (secondary N) is 2. The van der Waals surface area contributed by atoms with E-state index < -0.39 is 86.7 Å². The fourth-order valence-electron chi connectivity index (χ4n) is 8.29. The number of nitrogens with zero attached hydrogens (tertiary/aromatic N) is 3. The molecule has 1 saturated carbocycles. The van der Waals surface area contributed by atoms with Crippen molar-refractivity contribution in [3.63, 3.8) is 0 Å². The standard InChI is InChI=1S/C39H57N5O14S/c45-19-24-29(48)30(49)32(51)39(56-24)58-34-25(20-46)57-38(33(52)31(34)50)55-18-9-3-8-16-26(47)40-28(22-13-6-2-7-14-22)37(54)44-17-10-15-23(44)35(53)41-36-27(42-43-59-36)21-11-4-1-5-12-21/h1,4-5,11-12,22-25,28-34,38-39,45-46,48-52H,2-3,6-10,13-20H2,(H,40,47)(H,41,53)/t23-,24+,25+,28-,29-,30-,31+,32+,33+,34+,38+,39-/m0/s1. The highest BCUT2D eigenvalue weighted by Crippen LogP contribution is 2.33. The monoisotopic (exact) mass is 851 g/mol. The van der Waals surface area contributed by atoms with Gasteiger partial charge in [0.25, 0.3) is 0 Å². The van der Waals surface area contributed by atoms with Gasteiger partial charge in [0.2, 0.25) is 17.7 Å². The number of ether oxygens (including phenoxy) is 4. The van der Waals surface area contributed by atoms with Gasteiger partial charge in [0.15, 0.2) is 12.6 Å². The molecule has 0 bridgehead atoms. The van der Waals surface area contributed by atoms with Crippen molar-refractivity contribution in [1.82, 2.24) is 19.8 Å². The minimum absolute atomic E-state index is 0.0458. The second-order valence-corrected chi connectivity index (χ2v) is 16.4. The van der Waals surface area contributed by atoms with Crippen LogP contribution in [0.4, 0.5) is 5.00 Å². The third-order valence-electron chi connectivity index (χ3n) is 11.6. The van der Waals surface area contributed by atoms with E-state index in [4.69, 9.17) is 18.9 Å². The third-order valence-corrected chi connectivity index (χ3v) is 12.2. The van der Waals surface area contributed by atoms with Crippen LogP contribution in [0.2, 0.25) is 0 Å². The smallest absolute Gasteiger partial charge is 0.247 e. The lowest BCUT2D eigenvalue weighted by molar-refractivity contribution is -0.359. The molecule has 4 fully saturated rings. The summed E-state index contributed by atoms with van der Waals surface area (Å²) in [6.45, 7) is -0.910. The number of carbonyl (C=O) groups is 3. The Balaban J connectivity index is 0.963. The Bertz CT molecular complexity index is 1650. The van der Waals surface area contributed by atoms with Crippen molar-refractivity contribution in [3.05, 3.63) is 30.3 Å². The van der Waals surface area contributed by atoms with Crippen LogP contribution >= 0.6 is 11.5 Å². The van der Waals surface area contributed by atoms with E-state index in [2.05, 4.69) is 20.2 Å². The molecule has 20 heteroatoms. The van der Waals surface area contributed by atoms with E-state index in [-0.39, 0.29) is 36.7 Å². The number of hydrogen-bond acceptors (Lipinski definition) is 17. The van der Waals surface area contributed by atoms with E-state index in [1.807, 2.05) is 30.3 Å². The zero-order valence-corrected chi connectivity index (χ0v) is 33.6. The average Bonchev–Trinajstić information content (AvgIpc) is 3.94. The number of carbonyl (C=O) groups excluding carboxylic acids is 3. The van der Waals surface area contributed by atoms with Crippen molar-refractivity contribution < 1.29 is 69.1 Å². The number of aliphatic hydroxyl groups excluding tert-OH is 7. The quantitative estimate of drug-likeness (QED) is 0.0899. The number of aliphatic hydroxyl groups is 7. The molecule has 2 aromatic rings. The molecule has 9 N–H and O–H groups in total. The van der Waals surface area contributed by atoms with Crippen LogP contribution in [0, 0.1) is 5.92 Å². The third kappa shape index (κ3) is 11.0. The Hall–Kier alpha value is -3.25. The second-order valence-electron chi connectivity index (χ2n) is 15.6. The van der Waals surface area contributed by atoms with Crippen LogP contribution in [0.25, 0.3) is 11.3 Å². The maximum absolute atomic E-state index is 14.2. The molecule has 4 aliphatic rings. The number of rotatable bonds is 17. The minimum Gasteiger partial charge on any atom is -0.394 e. The molecule has 0 spiro atoms. The van der Waals surface area contributed by atoms with E-state index in [0.29, 0.717) is 49.3 Å². The number of hydrogen-bond donors (Lipinski definition) is 9. The first-order chi connectivity index (χ1) is 28.5. The summed E-state index contributed by atoms with van der Waals surface area (Å²) >= 11 is 1.07. The van der Waals surface area contributed by atoms with Gasteiger partial charge in [0.1, 0.15) is 71.6 Å². The topological polar surface area (TPSA) is 283 Å². The predicted octanol–water partition coefficient (Wildman–Crippen LogP) is -0.599. The van der Waals surface area contributed by atoms with Gasteiger partial charge in [-0.3, -0.25) is 14.4 Å². The Kier molecular flexibility index (Phi) is 16.5. The molecule has 3 amide bonds. The summed E-state index contributed by atoms with van der Waals surface area (Å²) in [5.74, 6) is -0.889. The molecular weight excluding hydrogens is 795 g/mol. The maximum atomic E-state index is 14.2. The second kappa shape index (κ2) is 21.5. The van der Waals surface area contributed by atoms with E-state index >= 15 is 0 Å². The first kappa shape index (κ1) is 45.3. The maximum Gasteiger partial charge on any atom is 0.247 e. The van der Waals surface area contributed by atoms with Gasteiger partial charge in [0.05, 0.1) is 13.2 Å². The van der Waals surface area contributed by atoms with Gasteiger partial charge in [-0.25, -0.2) is 0 Å². The molecular formula is C39H57N5O14S. The van der Waals surface area contributed by atoms with Gasteiger partial charge in [-0.1, -0.05) is 60.5 Å². The lowest BCUT2D eigenvalue weighted by Crippen LogP contribution is -2.64. The summed E-state index contributed by atoms with van der Waals surface area (Å²) in [4.78, 5) is 42.8. The Morgan fingerprint density at radius 2 is 1.54 bits per heavy atom. The molecule has 19 nitrogen and oxygen atoms in total. The fraction of sp³-hybridized carbons (Fsp3) is 0.718. The molecule has 6 rings (SSSR count). The first-order valence-corrected chi connectivity index (χ1v) is 21.3. The van der Waals surface area contributed by atoms with E-state index in [9.17, 15) is 50.1 Å². The van der Waals surface area contributed by atoms with Crippen molar-refractivity contribution in [2.24, 2.45) is 5.92 Å². The van der Waals surface area contributed by atoms with E-state index in [1.54, 1.807) is 4.90 Å². The summed E-state index contributed by atoms with van der Waals surface area (Å²) in [5.41, 5.74) is 1.37. The van der Waals surface area contributed by atoms with Gasteiger partial charge in [-0.2, -0.15) is 0 Å².